The maximum absolute atomic E-state index is 14.9. The number of nitrogens with zero attached hydrogens (tertiary/aromatic N) is 1. The molecule has 174 valence electrons. The molecule has 0 amide bonds. The van der Waals surface area contributed by atoms with E-state index in [1.165, 1.54) is 55.0 Å². The number of ether oxygens (including phenoxy) is 1. The standard InChI is InChI=1S/C25H32FNO4S/c1-2-4-20-10-21(23(28)15-32(29,30)27-5-3-6-27)22(26)11-24(20)31-16-25-12-17-7-18(13-25)9-19(8-17)14-25/h2,4,10-11,17-19H,3,5-9,12-16H2,1H3/b4-2+. The maximum atomic E-state index is 14.9. The van der Waals surface area contributed by atoms with E-state index in [2.05, 4.69) is 0 Å². The number of sulfonamides is 1. The van der Waals surface area contributed by atoms with E-state index >= 15 is 0 Å². The minimum atomic E-state index is -3.69. The molecule has 1 aliphatic heterocycles. The third-order valence-electron chi connectivity index (χ3n) is 7.97. The van der Waals surface area contributed by atoms with Crippen molar-refractivity contribution < 1.29 is 22.3 Å². The first-order valence-corrected chi connectivity index (χ1v) is 13.5. The van der Waals surface area contributed by atoms with E-state index in [9.17, 15) is 17.6 Å². The minimum Gasteiger partial charge on any atom is -0.492 e. The summed E-state index contributed by atoms with van der Waals surface area (Å²) in [6.45, 7) is 3.29. The Labute approximate surface area is 190 Å². The molecular weight excluding hydrogens is 429 g/mol. The van der Waals surface area contributed by atoms with Crippen molar-refractivity contribution in [3.63, 3.8) is 0 Å². The zero-order chi connectivity index (χ0) is 22.5. The van der Waals surface area contributed by atoms with Crippen molar-refractivity contribution >= 4 is 21.9 Å². The minimum absolute atomic E-state index is 0.190. The number of hydrogen-bond acceptors (Lipinski definition) is 4. The topological polar surface area (TPSA) is 63.7 Å². The maximum Gasteiger partial charge on any atom is 0.221 e. The van der Waals surface area contributed by atoms with Gasteiger partial charge in [0.25, 0.3) is 0 Å². The lowest BCUT2D eigenvalue weighted by molar-refractivity contribution is -0.0746. The van der Waals surface area contributed by atoms with Gasteiger partial charge in [0, 0.05) is 30.1 Å². The van der Waals surface area contributed by atoms with Gasteiger partial charge in [-0.2, -0.15) is 0 Å². The summed E-state index contributed by atoms with van der Waals surface area (Å²) in [5.41, 5.74) is 0.616. The van der Waals surface area contributed by atoms with Crippen LogP contribution in [0.2, 0.25) is 0 Å². The van der Waals surface area contributed by atoms with E-state index in [4.69, 9.17) is 4.74 Å². The molecule has 0 aromatic heterocycles. The van der Waals surface area contributed by atoms with Gasteiger partial charge in [0.15, 0.2) is 5.78 Å². The SMILES string of the molecule is C/C=C/c1cc(C(=O)CS(=O)(=O)N2CCC2)c(F)cc1OCC12CC3CC(CC(C3)C1)C2. The van der Waals surface area contributed by atoms with Crippen molar-refractivity contribution in [3.8, 4) is 5.75 Å². The molecule has 0 atom stereocenters. The molecule has 4 bridgehead atoms. The van der Waals surface area contributed by atoms with Crippen LogP contribution in [-0.2, 0) is 10.0 Å². The van der Waals surface area contributed by atoms with E-state index < -0.39 is 27.4 Å². The molecule has 1 heterocycles. The van der Waals surface area contributed by atoms with Crippen molar-refractivity contribution in [2.24, 2.45) is 23.2 Å². The first-order chi connectivity index (χ1) is 15.3. The molecular formula is C25H32FNO4S. The highest BCUT2D eigenvalue weighted by atomic mass is 32.2. The van der Waals surface area contributed by atoms with Crippen LogP contribution in [0.3, 0.4) is 0 Å². The van der Waals surface area contributed by atoms with Crippen LogP contribution in [0.25, 0.3) is 6.08 Å². The highest BCUT2D eigenvalue weighted by molar-refractivity contribution is 7.89. The monoisotopic (exact) mass is 461 g/mol. The molecule has 0 spiro atoms. The van der Waals surface area contributed by atoms with Gasteiger partial charge in [-0.15, -0.1) is 0 Å². The van der Waals surface area contributed by atoms with Gasteiger partial charge in [-0.25, -0.2) is 17.1 Å². The zero-order valence-electron chi connectivity index (χ0n) is 18.7. The van der Waals surface area contributed by atoms with Crippen molar-refractivity contribution in [1.82, 2.24) is 4.31 Å². The Kier molecular flexibility index (Phi) is 5.69. The number of benzene rings is 1. The van der Waals surface area contributed by atoms with Crippen molar-refractivity contribution in [2.75, 3.05) is 25.4 Å². The van der Waals surface area contributed by atoms with Crippen LogP contribution in [0.5, 0.6) is 5.75 Å². The molecule has 0 radical (unpaired) electrons. The number of halogens is 1. The summed E-state index contributed by atoms with van der Waals surface area (Å²) in [4.78, 5) is 12.7. The fourth-order valence-electron chi connectivity index (χ4n) is 6.82. The largest absolute Gasteiger partial charge is 0.492 e. The normalized spacial score (nSPS) is 31.8. The zero-order valence-corrected chi connectivity index (χ0v) is 19.5. The molecule has 5 fully saturated rings. The van der Waals surface area contributed by atoms with Gasteiger partial charge >= 0.3 is 0 Å². The second-order valence-corrected chi connectivity index (χ2v) is 12.5. The van der Waals surface area contributed by atoms with Crippen LogP contribution >= 0.6 is 0 Å². The smallest absolute Gasteiger partial charge is 0.221 e. The number of carbonyl (C=O) groups is 1. The summed E-state index contributed by atoms with van der Waals surface area (Å²) in [5.74, 6) is 0.723. The molecule has 0 N–H and O–H groups in total. The number of rotatable bonds is 8. The van der Waals surface area contributed by atoms with Crippen molar-refractivity contribution in [1.29, 1.82) is 0 Å². The first-order valence-electron chi connectivity index (χ1n) is 11.9. The Morgan fingerprint density at radius 1 is 1.16 bits per heavy atom. The average Bonchev–Trinajstić information content (AvgIpc) is 2.64. The fraction of sp³-hybridized carbons (Fsp3) is 0.640. The van der Waals surface area contributed by atoms with Gasteiger partial charge in [0.05, 0.1) is 12.2 Å². The van der Waals surface area contributed by atoms with Crippen LogP contribution in [0.15, 0.2) is 18.2 Å². The molecule has 5 nitrogen and oxygen atoms in total. The van der Waals surface area contributed by atoms with Crippen LogP contribution in [0.1, 0.15) is 67.8 Å². The van der Waals surface area contributed by atoms with E-state index in [-0.39, 0.29) is 11.0 Å². The van der Waals surface area contributed by atoms with Crippen LogP contribution in [0.4, 0.5) is 4.39 Å². The van der Waals surface area contributed by atoms with Gasteiger partial charge in [-0.3, -0.25) is 4.79 Å². The summed E-state index contributed by atoms with van der Waals surface area (Å²) in [6, 6.07) is 2.71. The molecule has 0 unspecified atom stereocenters. The molecule has 1 saturated heterocycles. The van der Waals surface area contributed by atoms with E-state index in [0.29, 0.717) is 31.0 Å². The van der Waals surface area contributed by atoms with Gasteiger partial charge in [-0.1, -0.05) is 12.2 Å². The second kappa shape index (κ2) is 8.24. The van der Waals surface area contributed by atoms with E-state index in [1.54, 1.807) is 6.08 Å². The number of allylic oxidation sites excluding steroid dienone is 1. The Hall–Kier alpha value is -1.73. The molecule has 4 aliphatic carbocycles. The van der Waals surface area contributed by atoms with E-state index in [0.717, 1.165) is 24.2 Å². The molecule has 1 aromatic carbocycles. The lowest BCUT2D eigenvalue weighted by atomic mass is 9.50. The predicted octanol–water partition coefficient (Wildman–Crippen LogP) is 4.67. The summed E-state index contributed by atoms with van der Waals surface area (Å²) in [7, 11) is -3.69. The van der Waals surface area contributed by atoms with Gasteiger partial charge in [0.1, 0.15) is 17.3 Å². The van der Waals surface area contributed by atoms with Crippen molar-refractivity contribution in [3.05, 3.63) is 35.2 Å². The van der Waals surface area contributed by atoms with Crippen LogP contribution in [0, 0.1) is 29.0 Å². The molecule has 1 aromatic rings. The number of hydrogen-bond donors (Lipinski definition) is 0. The van der Waals surface area contributed by atoms with Crippen LogP contribution in [-0.4, -0.2) is 44.0 Å². The second-order valence-electron chi connectivity index (χ2n) is 10.5. The summed E-state index contributed by atoms with van der Waals surface area (Å²) >= 11 is 0. The molecule has 6 rings (SSSR count). The number of Topliss-reactive ketones (excluding diaryl/α,β-unsaturated/α-hetero) is 1. The predicted molar refractivity (Wildman–Crippen MR) is 122 cm³/mol. The van der Waals surface area contributed by atoms with Gasteiger partial charge in [-0.05, 0) is 75.7 Å². The van der Waals surface area contributed by atoms with E-state index in [1.807, 2.05) is 13.0 Å². The summed E-state index contributed by atoms with van der Waals surface area (Å²) in [5, 5.41) is 0. The molecule has 7 heteroatoms. The van der Waals surface area contributed by atoms with Crippen molar-refractivity contribution in [2.45, 2.75) is 51.9 Å². The Balaban J connectivity index is 1.34. The highest BCUT2D eigenvalue weighted by Crippen LogP contribution is 2.60. The van der Waals surface area contributed by atoms with Gasteiger partial charge < -0.3 is 4.74 Å². The van der Waals surface area contributed by atoms with Crippen LogP contribution < -0.4 is 4.74 Å². The summed E-state index contributed by atoms with van der Waals surface area (Å²) in [6.07, 6.45) is 12.1. The number of carbonyl (C=O) groups excluding carboxylic acids is 1. The Morgan fingerprint density at radius 2 is 1.78 bits per heavy atom. The Bertz CT molecular complexity index is 1010. The first kappa shape index (κ1) is 22.1. The lowest BCUT2D eigenvalue weighted by Crippen LogP contribution is -2.48. The van der Waals surface area contributed by atoms with Gasteiger partial charge in [0.2, 0.25) is 10.0 Å². The average molecular weight is 462 g/mol. The molecule has 32 heavy (non-hydrogen) atoms. The third kappa shape index (κ3) is 4.14. The quantitative estimate of drug-likeness (QED) is 0.528. The number of ketones is 1. The Morgan fingerprint density at radius 3 is 2.31 bits per heavy atom. The fourth-order valence-corrected chi connectivity index (χ4v) is 8.30. The molecule has 4 saturated carbocycles. The molecule has 5 aliphatic rings. The third-order valence-corrected chi connectivity index (χ3v) is 9.75. The lowest BCUT2D eigenvalue weighted by Gasteiger charge is -2.56. The highest BCUT2D eigenvalue weighted by Gasteiger charge is 2.51. The summed E-state index contributed by atoms with van der Waals surface area (Å²) < 4.78 is 47.1.